The van der Waals surface area contributed by atoms with Gasteiger partial charge in [-0.15, -0.1) is 0 Å². The Bertz CT molecular complexity index is 1440. The number of furan rings is 1. The summed E-state index contributed by atoms with van der Waals surface area (Å²) < 4.78 is 22.7. The smallest absolute Gasteiger partial charge is 0.338 e. The summed E-state index contributed by atoms with van der Waals surface area (Å²) in [7, 11) is 2.70. The second-order valence-corrected chi connectivity index (χ2v) is 8.10. The number of methoxy groups -OCH3 is 2. The van der Waals surface area contributed by atoms with Crippen LogP contribution in [0.2, 0.25) is 0 Å². The molecule has 9 nitrogen and oxygen atoms in total. The predicted molar refractivity (Wildman–Crippen MR) is 119 cm³/mol. The summed E-state index contributed by atoms with van der Waals surface area (Å²) in [5.41, 5.74) is 0.873. The van der Waals surface area contributed by atoms with E-state index in [4.69, 9.17) is 18.6 Å². The van der Waals surface area contributed by atoms with Crippen molar-refractivity contribution >= 4 is 29.4 Å². The number of fused-ring (bicyclic) bond motifs is 1. The second kappa shape index (κ2) is 8.91. The van der Waals surface area contributed by atoms with Gasteiger partial charge in [-0.3, -0.25) is 14.2 Å². The molecular weight excluding hydrogens is 448 g/mol. The van der Waals surface area contributed by atoms with E-state index < -0.39 is 18.0 Å². The third kappa shape index (κ3) is 4.12. The first-order valence-corrected chi connectivity index (χ1v) is 10.7. The minimum atomic E-state index is -0.826. The van der Waals surface area contributed by atoms with Crippen LogP contribution in [0.5, 0.6) is 11.5 Å². The number of esters is 2. The molecule has 1 aromatic carbocycles. The molecule has 0 saturated carbocycles. The highest BCUT2D eigenvalue weighted by atomic mass is 32.1. The minimum Gasteiger partial charge on any atom is -0.493 e. The molecule has 1 unspecified atom stereocenters. The first kappa shape index (κ1) is 22.3. The third-order valence-electron chi connectivity index (χ3n) is 5.00. The third-order valence-corrected chi connectivity index (χ3v) is 5.98. The minimum absolute atomic E-state index is 0.219. The fraction of sp³-hybridized carbons (Fsp3) is 0.217. The lowest BCUT2D eigenvalue weighted by Crippen LogP contribution is -2.39. The molecule has 0 radical (unpaired) electrons. The van der Waals surface area contributed by atoms with Gasteiger partial charge in [-0.2, -0.15) is 0 Å². The molecule has 3 heterocycles. The van der Waals surface area contributed by atoms with Crippen LogP contribution in [-0.4, -0.2) is 30.7 Å². The summed E-state index contributed by atoms with van der Waals surface area (Å²) in [5, 5.41) is 0. The lowest BCUT2D eigenvalue weighted by atomic mass is 9.95. The van der Waals surface area contributed by atoms with Gasteiger partial charge in [0.15, 0.2) is 16.3 Å². The van der Waals surface area contributed by atoms with E-state index in [1.54, 1.807) is 43.3 Å². The number of hydrogen-bond acceptors (Lipinski definition) is 9. The first-order valence-electron chi connectivity index (χ1n) is 9.84. The van der Waals surface area contributed by atoms with Gasteiger partial charge in [-0.1, -0.05) is 17.4 Å². The maximum Gasteiger partial charge on any atom is 0.338 e. The van der Waals surface area contributed by atoms with Crippen LogP contribution in [0, 0.1) is 0 Å². The van der Waals surface area contributed by atoms with E-state index in [-0.39, 0.29) is 22.6 Å². The monoisotopic (exact) mass is 468 g/mol. The van der Waals surface area contributed by atoms with Crippen molar-refractivity contribution in [1.29, 1.82) is 0 Å². The van der Waals surface area contributed by atoms with Gasteiger partial charge >= 0.3 is 11.9 Å². The summed E-state index contributed by atoms with van der Waals surface area (Å²) in [6.45, 7) is 2.97. The number of allylic oxidation sites excluding steroid dienone is 1. The molecule has 170 valence electrons. The summed E-state index contributed by atoms with van der Waals surface area (Å²) in [6.07, 6.45) is 3.14. The molecule has 0 N–H and O–H groups in total. The van der Waals surface area contributed by atoms with Crippen molar-refractivity contribution in [1.82, 2.24) is 4.57 Å². The van der Waals surface area contributed by atoms with Gasteiger partial charge in [0, 0.05) is 13.0 Å². The lowest BCUT2D eigenvalue weighted by Gasteiger charge is -2.25. The van der Waals surface area contributed by atoms with E-state index in [1.807, 2.05) is 0 Å². The van der Waals surface area contributed by atoms with E-state index >= 15 is 0 Å². The van der Waals surface area contributed by atoms with E-state index in [0.717, 1.165) is 0 Å². The summed E-state index contributed by atoms with van der Waals surface area (Å²) in [4.78, 5) is 42.5. The summed E-state index contributed by atoms with van der Waals surface area (Å²) >= 11 is 1.19. The lowest BCUT2D eigenvalue weighted by molar-refractivity contribution is -0.136. The SMILES string of the molecule is COC(=O)C1=C(C)N=c2s/c(=C\c3ccco3)c(=O)n2C1c1ccc(OC(C)=O)c(OC)c1. The van der Waals surface area contributed by atoms with Crippen LogP contribution in [0.3, 0.4) is 0 Å². The number of thiazole rings is 1. The molecule has 10 heteroatoms. The highest BCUT2D eigenvalue weighted by Crippen LogP contribution is 2.36. The molecule has 0 amide bonds. The molecule has 1 atom stereocenters. The quantitative estimate of drug-likeness (QED) is 0.416. The zero-order valence-corrected chi connectivity index (χ0v) is 19.1. The molecule has 0 aliphatic carbocycles. The summed E-state index contributed by atoms with van der Waals surface area (Å²) in [6, 6.07) is 7.47. The number of hydrogen-bond donors (Lipinski definition) is 0. The molecule has 1 aliphatic heterocycles. The largest absolute Gasteiger partial charge is 0.493 e. The normalized spacial score (nSPS) is 15.6. The standard InChI is InChI=1S/C23H20N2O7S/c1-12-19(22(28)30-4)20(14-7-8-16(32-13(2)26)17(10-14)29-3)25-21(27)18(33-23(25)24-12)11-15-6-5-9-31-15/h5-11,20H,1-4H3/b18-11-. The van der Waals surface area contributed by atoms with E-state index in [2.05, 4.69) is 4.99 Å². The van der Waals surface area contributed by atoms with Crippen molar-refractivity contribution in [2.24, 2.45) is 4.99 Å². The van der Waals surface area contributed by atoms with Crippen LogP contribution < -0.4 is 24.4 Å². The molecule has 2 aromatic heterocycles. The van der Waals surface area contributed by atoms with Gasteiger partial charge in [0.25, 0.3) is 5.56 Å². The van der Waals surface area contributed by atoms with Gasteiger partial charge < -0.3 is 18.6 Å². The number of aromatic nitrogens is 1. The molecule has 0 fully saturated rings. The molecule has 0 saturated heterocycles. The fourth-order valence-electron chi connectivity index (χ4n) is 3.60. The van der Waals surface area contributed by atoms with Crippen molar-refractivity contribution in [3.05, 3.63) is 78.9 Å². The van der Waals surface area contributed by atoms with E-state index in [0.29, 0.717) is 26.4 Å². The van der Waals surface area contributed by atoms with Crippen LogP contribution in [-0.2, 0) is 14.3 Å². The van der Waals surface area contributed by atoms with Gasteiger partial charge in [-0.05, 0) is 36.8 Å². The van der Waals surface area contributed by atoms with Gasteiger partial charge in [0.05, 0.1) is 42.3 Å². The van der Waals surface area contributed by atoms with Crippen molar-refractivity contribution in [3.63, 3.8) is 0 Å². The molecule has 0 spiro atoms. The number of nitrogens with zero attached hydrogens (tertiary/aromatic N) is 2. The number of carbonyl (C=O) groups is 2. The van der Waals surface area contributed by atoms with Crippen LogP contribution in [0.4, 0.5) is 0 Å². The number of rotatable bonds is 5. The predicted octanol–water partition coefficient (Wildman–Crippen LogP) is 1.94. The molecule has 3 aromatic rings. The average molecular weight is 468 g/mol. The highest BCUT2D eigenvalue weighted by molar-refractivity contribution is 7.07. The van der Waals surface area contributed by atoms with Crippen LogP contribution in [0.25, 0.3) is 6.08 Å². The Labute approximate surface area is 191 Å². The highest BCUT2D eigenvalue weighted by Gasteiger charge is 2.33. The Morgan fingerprint density at radius 2 is 2.00 bits per heavy atom. The van der Waals surface area contributed by atoms with Crippen molar-refractivity contribution in [2.45, 2.75) is 19.9 Å². The molecular formula is C23H20N2O7S. The molecule has 4 rings (SSSR count). The van der Waals surface area contributed by atoms with Gasteiger partial charge in [0.2, 0.25) is 0 Å². The Balaban J connectivity index is 1.96. The van der Waals surface area contributed by atoms with Crippen molar-refractivity contribution < 1.29 is 28.2 Å². The average Bonchev–Trinajstić information content (AvgIpc) is 3.40. The second-order valence-electron chi connectivity index (χ2n) is 7.09. The van der Waals surface area contributed by atoms with Gasteiger partial charge in [-0.25, -0.2) is 9.79 Å². The molecule has 0 bridgehead atoms. The maximum absolute atomic E-state index is 13.4. The fourth-order valence-corrected chi connectivity index (χ4v) is 4.63. The first-order chi connectivity index (χ1) is 15.8. The zero-order valence-electron chi connectivity index (χ0n) is 18.3. The topological polar surface area (TPSA) is 109 Å². The van der Waals surface area contributed by atoms with Gasteiger partial charge in [0.1, 0.15) is 5.76 Å². The molecule has 1 aliphatic rings. The maximum atomic E-state index is 13.4. The number of benzene rings is 1. The van der Waals surface area contributed by atoms with Crippen molar-refractivity contribution in [3.8, 4) is 11.5 Å². The Kier molecular flexibility index (Phi) is 6.01. The van der Waals surface area contributed by atoms with Crippen LogP contribution >= 0.6 is 11.3 Å². The van der Waals surface area contributed by atoms with Crippen molar-refractivity contribution in [2.75, 3.05) is 14.2 Å². The van der Waals surface area contributed by atoms with E-state index in [9.17, 15) is 14.4 Å². The zero-order chi connectivity index (χ0) is 23.7. The Morgan fingerprint density at radius 3 is 2.64 bits per heavy atom. The number of ether oxygens (including phenoxy) is 3. The molecule has 33 heavy (non-hydrogen) atoms. The summed E-state index contributed by atoms with van der Waals surface area (Å²) in [5.74, 6) is -0.0887. The van der Waals surface area contributed by atoms with Crippen LogP contribution in [0.15, 0.2) is 62.1 Å². The Hall–Kier alpha value is -3.92. The number of carbonyl (C=O) groups excluding carboxylic acids is 2. The van der Waals surface area contributed by atoms with E-state index in [1.165, 1.54) is 43.3 Å². The van der Waals surface area contributed by atoms with Crippen LogP contribution in [0.1, 0.15) is 31.2 Å². The Morgan fingerprint density at radius 1 is 1.21 bits per heavy atom.